The van der Waals surface area contributed by atoms with Crippen molar-refractivity contribution in [3.05, 3.63) is 45.9 Å². The lowest BCUT2D eigenvalue weighted by Gasteiger charge is -2.03. The number of carbonyl (C=O) groups is 1. The molecule has 23 heavy (non-hydrogen) atoms. The van der Waals surface area contributed by atoms with E-state index in [1.54, 1.807) is 12.5 Å². The number of benzene rings is 1. The molecule has 0 unspecified atom stereocenters. The van der Waals surface area contributed by atoms with Crippen LogP contribution >= 0.6 is 11.3 Å². The van der Waals surface area contributed by atoms with Gasteiger partial charge in [-0.05, 0) is 31.0 Å². The van der Waals surface area contributed by atoms with E-state index >= 15 is 0 Å². The molecule has 0 aliphatic heterocycles. The Balaban J connectivity index is 1.83. The van der Waals surface area contributed by atoms with E-state index < -0.39 is 0 Å². The minimum atomic E-state index is -0.126. The molecule has 0 atom stereocenters. The molecule has 0 saturated heterocycles. The van der Waals surface area contributed by atoms with Gasteiger partial charge in [-0.15, -0.1) is 11.3 Å². The predicted octanol–water partition coefficient (Wildman–Crippen LogP) is 2.90. The summed E-state index contributed by atoms with van der Waals surface area (Å²) in [6.45, 7) is 3.92. The molecule has 0 spiro atoms. The molecule has 0 aliphatic rings. The Morgan fingerprint density at radius 2 is 2.09 bits per heavy atom. The summed E-state index contributed by atoms with van der Waals surface area (Å²) in [6, 6.07) is 7.87. The molecule has 0 radical (unpaired) electrons. The predicted molar refractivity (Wildman–Crippen MR) is 91.4 cm³/mol. The van der Waals surface area contributed by atoms with Gasteiger partial charge in [0, 0.05) is 31.6 Å². The molecule has 0 saturated carbocycles. The van der Waals surface area contributed by atoms with E-state index in [2.05, 4.69) is 10.3 Å². The van der Waals surface area contributed by atoms with Gasteiger partial charge in [-0.3, -0.25) is 4.79 Å². The van der Waals surface area contributed by atoms with Crippen molar-refractivity contribution in [2.24, 2.45) is 0 Å². The van der Waals surface area contributed by atoms with Crippen molar-refractivity contribution in [2.45, 2.75) is 19.8 Å². The largest absolute Gasteiger partial charge is 0.497 e. The monoisotopic (exact) mass is 334 g/mol. The number of thiazole rings is 1. The number of carbonyl (C=O) groups excluding carboxylic acids is 1. The van der Waals surface area contributed by atoms with Gasteiger partial charge >= 0.3 is 0 Å². The van der Waals surface area contributed by atoms with Crippen LogP contribution in [0.1, 0.15) is 34.4 Å². The van der Waals surface area contributed by atoms with Gasteiger partial charge in [0.1, 0.15) is 11.4 Å². The average Bonchev–Trinajstić information content (AvgIpc) is 3.04. The molecule has 124 valence electrons. The number of hydrogen-bond donors (Lipinski definition) is 1. The molecule has 0 fully saturated rings. The first-order chi connectivity index (χ1) is 11.2. The fourth-order valence-electron chi connectivity index (χ4n) is 2.03. The molecule has 2 aromatic rings. The molecular weight excluding hydrogens is 312 g/mol. The first-order valence-electron chi connectivity index (χ1n) is 7.66. The number of hydrogen-bond acceptors (Lipinski definition) is 5. The molecular formula is C17H22N2O3S. The summed E-state index contributed by atoms with van der Waals surface area (Å²) >= 11 is 1.50. The molecule has 1 amide bonds. The van der Waals surface area contributed by atoms with Crippen LogP contribution in [0, 0.1) is 0 Å². The van der Waals surface area contributed by atoms with Gasteiger partial charge in [-0.2, -0.15) is 0 Å². The molecule has 0 bridgehead atoms. The van der Waals surface area contributed by atoms with E-state index in [0.29, 0.717) is 31.9 Å². The Kier molecular flexibility index (Phi) is 7.03. The highest BCUT2D eigenvalue weighted by Gasteiger charge is 2.10. The second kappa shape index (κ2) is 9.27. The van der Waals surface area contributed by atoms with Crippen molar-refractivity contribution in [3.63, 3.8) is 0 Å². The number of methoxy groups -OCH3 is 1. The quantitative estimate of drug-likeness (QED) is 0.716. The minimum Gasteiger partial charge on any atom is -0.497 e. The lowest BCUT2D eigenvalue weighted by molar-refractivity contribution is 0.0940. The van der Waals surface area contributed by atoms with Crippen LogP contribution in [0.2, 0.25) is 0 Å². The van der Waals surface area contributed by atoms with Gasteiger partial charge in [0.25, 0.3) is 5.91 Å². The number of rotatable bonds is 9. The van der Waals surface area contributed by atoms with E-state index in [4.69, 9.17) is 9.47 Å². The maximum Gasteiger partial charge on any atom is 0.270 e. The Morgan fingerprint density at radius 3 is 2.78 bits per heavy atom. The SMILES string of the molecule is CCOCCCNC(=O)c1csc(Cc2ccc(OC)cc2)n1. The third-order valence-electron chi connectivity index (χ3n) is 3.25. The fraction of sp³-hybridized carbons (Fsp3) is 0.412. The zero-order valence-electron chi connectivity index (χ0n) is 13.5. The Bertz CT molecular complexity index is 611. The average molecular weight is 334 g/mol. The zero-order valence-corrected chi connectivity index (χ0v) is 14.3. The van der Waals surface area contributed by atoms with Crippen LogP contribution in [0.25, 0.3) is 0 Å². The summed E-state index contributed by atoms with van der Waals surface area (Å²) in [6.07, 6.45) is 1.52. The first kappa shape index (κ1) is 17.4. The van der Waals surface area contributed by atoms with Crippen molar-refractivity contribution >= 4 is 17.2 Å². The molecule has 2 rings (SSSR count). The fourth-order valence-corrected chi connectivity index (χ4v) is 2.83. The summed E-state index contributed by atoms with van der Waals surface area (Å²) in [5.74, 6) is 0.707. The summed E-state index contributed by atoms with van der Waals surface area (Å²) in [5, 5.41) is 5.59. The Hall–Kier alpha value is -1.92. The maximum atomic E-state index is 12.0. The van der Waals surface area contributed by atoms with Crippen molar-refractivity contribution in [3.8, 4) is 5.75 Å². The number of aromatic nitrogens is 1. The zero-order chi connectivity index (χ0) is 16.5. The van der Waals surface area contributed by atoms with Crippen LogP contribution in [-0.4, -0.2) is 37.8 Å². The highest BCUT2D eigenvalue weighted by Crippen LogP contribution is 2.17. The minimum absolute atomic E-state index is 0.126. The number of nitrogens with one attached hydrogen (secondary N) is 1. The Labute approximate surface area is 140 Å². The summed E-state index contributed by atoms with van der Waals surface area (Å²) in [4.78, 5) is 16.4. The molecule has 6 heteroatoms. The number of amides is 1. The second-order valence-electron chi connectivity index (χ2n) is 4.96. The molecule has 0 aliphatic carbocycles. The highest BCUT2D eigenvalue weighted by molar-refractivity contribution is 7.09. The van der Waals surface area contributed by atoms with E-state index in [-0.39, 0.29) is 5.91 Å². The van der Waals surface area contributed by atoms with Gasteiger partial charge in [-0.25, -0.2) is 4.98 Å². The Morgan fingerprint density at radius 1 is 1.30 bits per heavy atom. The lowest BCUT2D eigenvalue weighted by Crippen LogP contribution is -2.25. The highest BCUT2D eigenvalue weighted by atomic mass is 32.1. The van der Waals surface area contributed by atoms with Gasteiger partial charge in [-0.1, -0.05) is 12.1 Å². The van der Waals surface area contributed by atoms with Crippen LogP contribution in [0.5, 0.6) is 5.75 Å². The third kappa shape index (κ3) is 5.65. The summed E-state index contributed by atoms with van der Waals surface area (Å²) in [5.41, 5.74) is 1.62. The summed E-state index contributed by atoms with van der Waals surface area (Å²) in [7, 11) is 1.65. The molecule has 1 heterocycles. The lowest BCUT2D eigenvalue weighted by atomic mass is 10.1. The van der Waals surface area contributed by atoms with Crippen LogP contribution < -0.4 is 10.1 Å². The van der Waals surface area contributed by atoms with Crippen molar-refractivity contribution in [2.75, 3.05) is 26.9 Å². The smallest absolute Gasteiger partial charge is 0.270 e. The van der Waals surface area contributed by atoms with E-state index in [0.717, 1.165) is 22.7 Å². The van der Waals surface area contributed by atoms with E-state index in [1.807, 2.05) is 31.2 Å². The van der Waals surface area contributed by atoms with Crippen molar-refractivity contribution in [1.29, 1.82) is 0 Å². The van der Waals surface area contributed by atoms with Crippen LogP contribution in [0.3, 0.4) is 0 Å². The third-order valence-corrected chi connectivity index (χ3v) is 4.10. The van der Waals surface area contributed by atoms with Crippen LogP contribution in [0.4, 0.5) is 0 Å². The maximum absolute atomic E-state index is 12.0. The molecule has 1 aromatic carbocycles. The van der Waals surface area contributed by atoms with Gasteiger partial charge in [0.05, 0.1) is 12.1 Å². The van der Waals surface area contributed by atoms with Crippen LogP contribution in [-0.2, 0) is 11.2 Å². The normalized spacial score (nSPS) is 10.5. The van der Waals surface area contributed by atoms with Crippen molar-refractivity contribution < 1.29 is 14.3 Å². The topological polar surface area (TPSA) is 60.5 Å². The van der Waals surface area contributed by atoms with E-state index in [1.165, 1.54) is 11.3 Å². The summed E-state index contributed by atoms with van der Waals surface area (Å²) < 4.78 is 10.4. The number of ether oxygens (including phenoxy) is 2. The van der Waals surface area contributed by atoms with E-state index in [9.17, 15) is 4.79 Å². The van der Waals surface area contributed by atoms with Gasteiger partial charge < -0.3 is 14.8 Å². The van der Waals surface area contributed by atoms with Crippen molar-refractivity contribution in [1.82, 2.24) is 10.3 Å². The molecule has 1 N–H and O–H groups in total. The second-order valence-corrected chi connectivity index (χ2v) is 5.90. The van der Waals surface area contributed by atoms with Gasteiger partial charge in [0.2, 0.25) is 0 Å². The molecule has 1 aromatic heterocycles. The van der Waals surface area contributed by atoms with Crippen LogP contribution in [0.15, 0.2) is 29.6 Å². The standard InChI is InChI=1S/C17H22N2O3S/c1-3-22-10-4-9-18-17(20)15-12-23-16(19-15)11-13-5-7-14(21-2)8-6-13/h5-8,12H,3-4,9-11H2,1-2H3,(H,18,20). The van der Waals surface area contributed by atoms with Gasteiger partial charge in [0.15, 0.2) is 0 Å². The first-order valence-corrected chi connectivity index (χ1v) is 8.54. The molecule has 5 nitrogen and oxygen atoms in total. The number of nitrogens with zero attached hydrogens (tertiary/aromatic N) is 1.